The van der Waals surface area contributed by atoms with Crippen molar-refractivity contribution in [2.45, 2.75) is 32.4 Å². The average Bonchev–Trinajstić information content (AvgIpc) is 3.39. The van der Waals surface area contributed by atoms with Crippen LogP contribution in [0.25, 0.3) is 0 Å². The maximum Gasteiger partial charge on any atom is 0.251 e. The van der Waals surface area contributed by atoms with Crippen LogP contribution in [-0.2, 0) is 6.54 Å². The number of nitrogens with one attached hydrogen (secondary N) is 1. The molecule has 0 spiro atoms. The predicted molar refractivity (Wildman–Crippen MR) is 99.9 cm³/mol. The molecule has 3 rings (SSSR count). The number of rotatable bonds is 8. The van der Waals surface area contributed by atoms with Crippen molar-refractivity contribution in [1.82, 2.24) is 10.2 Å². The molecule has 0 aliphatic heterocycles. The zero-order valence-electron chi connectivity index (χ0n) is 15.0. The van der Waals surface area contributed by atoms with E-state index >= 15 is 0 Å². The number of hydrogen-bond acceptors (Lipinski definition) is 3. The highest BCUT2D eigenvalue weighted by atomic mass is 16.5. The minimum atomic E-state index is 0.0361. The second kappa shape index (κ2) is 8.17. The molecule has 1 N–H and O–H groups in total. The van der Waals surface area contributed by atoms with Crippen LogP contribution in [0.15, 0.2) is 48.5 Å². The first-order chi connectivity index (χ1) is 12.1. The third-order valence-electron chi connectivity index (χ3n) is 4.31. The molecule has 0 bridgehead atoms. The Balaban J connectivity index is 1.42. The van der Waals surface area contributed by atoms with E-state index in [2.05, 4.69) is 30.3 Å². The van der Waals surface area contributed by atoms with Crippen molar-refractivity contribution in [2.75, 3.05) is 20.2 Å². The van der Waals surface area contributed by atoms with Gasteiger partial charge in [0, 0.05) is 24.7 Å². The van der Waals surface area contributed by atoms with Gasteiger partial charge in [-0.15, -0.1) is 0 Å². The molecule has 4 heteroatoms. The molecule has 0 heterocycles. The molecule has 4 nitrogen and oxygen atoms in total. The Morgan fingerprint density at radius 1 is 1.20 bits per heavy atom. The zero-order chi connectivity index (χ0) is 17.6. The van der Waals surface area contributed by atoms with E-state index in [1.54, 1.807) is 0 Å². The Morgan fingerprint density at radius 3 is 2.64 bits per heavy atom. The molecule has 0 saturated heterocycles. The average molecular weight is 338 g/mol. The van der Waals surface area contributed by atoms with Gasteiger partial charge in [-0.25, -0.2) is 0 Å². The van der Waals surface area contributed by atoms with Gasteiger partial charge in [0.1, 0.15) is 12.4 Å². The van der Waals surface area contributed by atoms with Gasteiger partial charge in [-0.05, 0) is 62.2 Å². The van der Waals surface area contributed by atoms with Crippen LogP contribution in [0, 0.1) is 6.92 Å². The van der Waals surface area contributed by atoms with E-state index < -0.39 is 0 Å². The van der Waals surface area contributed by atoms with Crippen LogP contribution < -0.4 is 10.1 Å². The van der Waals surface area contributed by atoms with Gasteiger partial charge in [0.05, 0.1) is 0 Å². The number of carbonyl (C=O) groups is 1. The first-order valence-corrected chi connectivity index (χ1v) is 8.88. The smallest absolute Gasteiger partial charge is 0.251 e. The molecule has 0 radical (unpaired) electrons. The van der Waals surface area contributed by atoms with Crippen molar-refractivity contribution < 1.29 is 9.53 Å². The molecule has 1 fully saturated rings. The van der Waals surface area contributed by atoms with Crippen LogP contribution in [0.2, 0.25) is 0 Å². The van der Waals surface area contributed by atoms with E-state index in [1.165, 1.54) is 11.1 Å². The number of hydrogen-bond donors (Lipinski definition) is 1. The van der Waals surface area contributed by atoms with Crippen LogP contribution in [0.4, 0.5) is 0 Å². The lowest BCUT2D eigenvalue weighted by Crippen LogP contribution is -2.25. The topological polar surface area (TPSA) is 41.6 Å². The Hall–Kier alpha value is -2.33. The van der Waals surface area contributed by atoms with Crippen LogP contribution >= 0.6 is 0 Å². The minimum absolute atomic E-state index is 0.0361. The van der Waals surface area contributed by atoms with Gasteiger partial charge < -0.3 is 10.1 Å². The van der Waals surface area contributed by atoms with Crippen molar-refractivity contribution in [3.05, 3.63) is 65.2 Å². The number of carbonyl (C=O) groups excluding carboxylic acids is 1. The molecule has 25 heavy (non-hydrogen) atoms. The first-order valence-electron chi connectivity index (χ1n) is 8.88. The summed E-state index contributed by atoms with van der Waals surface area (Å²) < 4.78 is 5.79. The number of aryl methyl sites for hydroxylation is 1. The summed E-state index contributed by atoms with van der Waals surface area (Å²) in [7, 11) is 2.08. The molecule has 1 amide bonds. The van der Waals surface area contributed by atoms with E-state index in [0.717, 1.165) is 37.2 Å². The summed E-state index contributed by atoms with van der Waals surface area (Å²) in [6, 6.07) is 16.4. The summed E-state index contributed by atoms with van der Waals surface area (Å²) in [4.78, 5) is 14.2. The SMILES string of the molecule is Cc1cccc(OCCN(C)Cc2ccc(C(=O)NC3CC3)cc2)c1. The highest BCUT2D eigenvalue weighted by Gasteiger charge is 2.23. The molecule has 1 aliphatic rings. The van der Waals surface area contributed by atoms with Gasteiger partial charge in [-0.2, -0.15) is 0 Å². The summed E-state index contributed by atoms with van der Waals surface area (Å²) in [5.74, 6) is 0.952. The lowest BCUT2D eigenvalue weighted by Gasteiger charge is -2.17. The van der Waals surface area contributed by atoms with Crippen LogP contribution in [0.5, 0.6) is 5.75 Å². The first kappa shape index (κ1) is 17.5. The molecule has 132 valence electrons. The fourth-order valence-corrected chi connectivity index (χ4v) is 2.67. The fourth-order valence-electron chi connectivity index (χ4n) is 2.67. The van der Waals surface area contributed by atoms with Gasteiger partial charge in [0.25, 0.3) is 5.91 Å². The number of benzene rings is 2. The van der Waals surface area contributed by atoms with Gasteiger partial charge >= 0.3 is 0 Å². The van der Waals surface area contributed by atoms with Crippen LogP contribution in [-0.4, -0.2) is 37.0 Å². The molecular weight excluding hydrogens is 312 g/mol. The standard InChI is InChI=1S/C21H26N2O2/c1-16-4-3-5-20(14-16)25-13-12-23(2)15-17-6-8-18(9-7-17)21(24)22-19-10-11-19/h3-9,14,19H,10-13,15H2,1-2H3,(H,22,24). The van der Waals surface area contributed by atoms with Crippen molar-refractivity contribution in [3.8, 4) is 5.75 Å². The Labute approximate surface area is 149 Å². The summed E-state index contributed by atoms with van der Waals surface area (Å²) in [5, 5.41) is 3.01. The summed E-state index contributed by atoms with van der Waals surface area (Å²) >= 11 is 0. The number of nitrogens with zero attached hydrogens (tertiary/aromatic N) is 1. The second-order valence-corrected chi connectivity index (χ2v) is 6.85. The minimum Gasteiger partial charge on any atom is -0.492 e. The number of ether oxygens (including phenoxy) is 1. The molecule has 2 aromatic carbocycles. The van der Waals surface area contributed by atoms with E-state index in [4.69, 9.17) is 4.74 Å². The van der Waals surface area contributed by atoms with Crippen molar-refractivity contribution in [3.63, 3.8) is 0 Å². The van der Waals surface area contributed by atoms with Gasteiger partial charge in [-0.3, -0.25) is 9.69 Å². The highest BCUT2D eigenvalue weighted by Crippen LogP contribution is 2.19. The predicted octanol–water partition coefficient (Wildman–Crippen LogP) is 3.40. The van der Waals surface area contributed by atoms with Crippen LogP contribution in [0.1, 0.15) is 34.3 Å². The van der Waals surface area contributed by atoms with E-state index in [0.29, 0.717) is 12.6 Å². The Bertz CT molecular complexity index is 708. The molecule has 0 atom stereocenters. The van der Waals surface area contributed by atoms with Crippen molar-refractivity contribution in [1.29, 1.82) is 0 Å². The van der Waals surface area contributed by atoms with Gasteiger partial charge in [-0.1, -0.05) is 24.3 Å². The summed E-state index contributed by atoms with van der Waals surface area (Å²) in [5.41, 5.74) is 3.14. The lowest BCUT2D eigenvalue weighted by molar-refractivity contribution is 0.0951. The summed E-state index contributed by atoms with van der Waals surface area (Å²) in [6.07, 6.45) is 2.22. The zero-order valence-corrected chi connectivity index (χ0v) is 15.0. The largest absolute Gasteiger partial charge is 0.492 e. The normalized spacial score (nSPS) is 13.7. The van der Waals surface area contributed by atoms with E-state index in [9.17, 15) is 4.79 Å². The fraction of sp³-hybridized carbons (Fsp3) is 0.381. The Morgan fingerprint density at radius 2 is 1.96 bits per heavy atom. The highest BCUT2D eigenvalue weighted by molar-refractivity contribution is 5.94. The maximum absolute atomic E-state index is 12.0. The molecule has 1 saturated carbocycles. The van der Waals surface area contributed by atoms with Crippen LogP contribution in [0.3, 0.4) is 0 Å². The second-order valence-electron chi connectivity index (χ2n) is 6.85. The maximum atomic E-state index is 12.0. The van der Waals surface area contributed by atoms with Gasteiger partial charge in [0.2, 0.25) is 0 Å². The number of likely N-dealkylation sites (N-methyl/N-ethyl adjacent to an activating group) is 1. The lowest BCUT2D eigenvalue weighted by atomic mass is 10.1. The van der Waals surface area contributed by atoms with E-state index in [1.807, 2.05) is 42.5 Å². The van der Waals surface area contributed by atoms with Crippen molar-refractivity contribution in [2.24, 2.45) is 0 Å². The molecule has 0 aromatic heterocycles. The van der Waals surface area contributed by atoms with Crippen molar-refractivity contribution >= 4 is 5.91 Å². The molecule has 2 aromatic rings. The van der Waals surface area contributed by atoms with E-state index in [-0.39, 0.29) is 5.91 Å². The Kier molecular flexibility index (Phi) is 5.71. The third kappa shape index (κ3) is 5.61. The molecule has 0 unspecified atom stereocenters. The monoisotopic (exact) mass is 338 g/mol. The third-order valence-corrected chi connectivity index (χ3v) is 4.31. The molecule has 1 aliphatic carbocycles. The quantitative estimate of drug-likeness (QED) is 0.802. The summed E-state index contributed by atoms with van der Waals surface area (Å²) in [6.45, 7) is 4.40. The van der Waals surface area contributed by atoms with Gasteiger partial charge in [0.15, 0.2) is 0 Å². The molecular formula is C21H26N2O2. The number of amides is 1.